The zero-order valence-electron chi connectivity index (χ0n) is 23.3. The van der Waals surface area contributed by atoms with Crippen molar-refractivity contribution in [1.82, 2.24) is 0 Å². The number of thioether (sulfide) groups is 1. The van der Waals surface area contributed by atoms with Crippen molar-refractivity contribution in [3.05, 3.63) is 98.8 Å². The topological polar surface area (TPSA) is 63.2 Å². The molecule has 1 saturated carbocycles. The molecule has 0 aliphatic heterocycles. The molecular weight excluding hydrogens is 732 g/mol. The molecule has 1 aliphatic rings. The maximum Gasteiger partial charge on any atom is 0.419 e. The van der Waals surface area contributed by atoms with Crippen molar-refractivity contribution in [2.75, 3.05) is 16.8 Å². The van der Waals surface area contributed by atoms with E-state index in [4.69, 9.17) is 34.8 Å². The fourth-order valence-corrected chi connectivity index (χ4v) is 6.51. The summed E-state index contributed by atoms with van der Waals surface area (Å²) >= 11 is 18.8. The van der Waals surface area contributed by atoms with Crippen LogP contribution in [0, 0.1) is 23.4 Å². The lowest BCUT2D eigenvalue weighted by Crippen LogP contribution is -2.18. The van der Waals surface area contributed by atoms with Crippen LogP contribution in [-0.2, 0) is 28.6 Å². The number of hydrogen-bond acceptors (Lipinski definition) is 4. The molecule has 0 radical (unpaired) electrons. The molecule has 1 N–H and O–H groups in total. The van der Waals surface area contributed by atoms with Crippen LogP contribution in [0.5, 0.6) is 0 Å². The van der Waals surface area contributed by atoms with Crippen LogP contribution in [0.15, 0.2) is 48.5 Å². The van der Waals surface area contributed by atoms with Gasteiger partial charge >= 0.3 is 12.4 Å². The van der Waals surface area contributed by atoms with E-state index in [2.05, 4.69) is 5.32 Å². The lowest BCUT2D eigenvalue weighted by Gasteiger charge is -2.12. The van der Waals surface area contributed by atoms with E-state index in [1.807, 2.05) is 0 Å². The summed E-state index contributed by atoms with van der Waals surface area (Å²) in [6.07, 6.45) is -11.1. The minimum absolute atomic E-state index is 0.0326. The van der Waals surface area contributed by atoms with Crippen molar-refractivity contribution in [3.8, 4) is 0 Å². The van der Waals surface area contributed by atoms with E-state index in [-0.39, 0.29) is 39.2 Å². The predicted molar refractivity (Wildman–Crippen MR) is 159 cm³/mol. The third kappa shape index (κ3) is 8.76. The summed E-state index contributed by atoms with van der Waals surface area (Å²) in [5, 5.41) is 2.30. The van der Waals surface area contributed by atoms with E-state index in [1.165, 1.54) is 12.1 Å². The van der Waals surface area contributed by atoms with E-state index in [9.17, 15) is 49.5 Å². The molecule has 4 rings (SSSR count). The fourth-order valence-electron chi connectivity index (χ4n) is 4.80. The molecule has 1 aliphatic carbocycles. The third-order valence-electron chi connectivity index (χ3n) is 7.04. The van der Waals surface area contributed by atoms with Gasteiger partial charge in [-0.1, -0.05) is 23.7 Å². The number of benzene rings is 3. The van der Waals surface area contributed by atoms with E-state index in [1.54, 1.807) is 0 Å². The number of anilines is 1. The number of rotatable bonds is 11. The van der Waals surface area contributed by atoms with Gasteiger partial charge in [0.2, 0.25) is 5.91 Å². The van der Waals surface area contributed by atoms with Gasteiger partial charge in [0, 0.05) is 35.6 Å². The Morgan fingerprint density at radius 3 is 2.17 bits per heavy atom. The van der Waals surface area contributed by atoms with Crippen molar-refractivity contribution >= 4 is 69.7 Å². The Bertz CT molecular complexity index is 1730. The normalized spacial score (nSPS) is 17.4. The van der Waals surface area contributed by atoms with Crippen LogP contribution in [0.25, 0.3) is 0 Å². The van der Waals surface area contributed by atoms with Crippen LogP contribution in [0.1, 0.15) is 38.5 Å². The van der Waals surface area contributed by atoms with Crippen LogP contribution in [0.3, 0.4) is 0 Å². The minimum atomic E-state index is -5.02. The lowest BCUT2D eigenvalue weighted by molar-refractivity contribution is -0.140. The molecule has 0 unspecified atom stereocenters. The maximum absolute atomic E-state index is 15.2. The molecule has 0 heterocycles. The van der Waals surface area contributed by atoms with Crippen LogP contribution < -0.4 is 5.32 Å². The molecule has 3 aromatic rings. The van der Waals surface area contributed by atoms with Crippen LogP contribution in [-0.4, -0.2) is 39.5 Å². The Morgan fingerprint density at radius 1 is 0.872 bits per heavy atom. The highest BCUT2D eigenvalue weighted by atomic mass is 35.5. The number of halogens is 12. The van der Waals surface area contributed by atoms with E-state index < -0.39 is 98.9 Å². The fraction of sp³-hybridized carbons (Fsp3) is 0.300. The van der Waals surface area contributed by atoms with Gasteiger partial charge in [0.05, 0.1) is 28.0 Å². The summed E-state index contributed by atoms with van der Waals surface area (Å²) in [6, 6.07) is 7.45. The smallest absolute Gasteiger partial charge is 0.326 e. The van der Waals surface area contributed by atoms with Gasteiger partial charge in [0.1, 0.15) is 27.6 Å². The molecular formula is C30H19Cl3F9NO3S. The summed E-state index contributed by atoms with van der Waals surface area (Å²) < 4.78 is 118. The quantitative estimate of drug-likeness (QED) is 0.121. The average Bonchev–Trinajstić information content (AvgIpc) is 3.54. The van der Waals surface area contributed by atoms with Gasteiger partial charge in [-0.3, -0.25) is 14.4 Å². The van der Waals surface area contributed by atoms with Gasteiger partial charge in [-0.25, -0.2) is 13.2 Å². The van der Waals surface area contributed by atoms with Gasteiger partial charge in [-0.2, -0.15) is 26.3 Å². The summed E-state index contributed by atoms with van der Waals surface area (Å²) in [4.78, 5) is 38.2. The molecule has 0 aromatic heterocycles. The Hall–Kier alpha value is -2.94. The standard InChI is InChI=1S/C30H19Cl3F9NO3S/c31-20-4-3-15(43-27(46)25-24(29(25,32)33)13-1-6-22(35)19(7-13)30(40,41)42)9-17(20)23(45)8-14-2-5-21(34)18(26(14)36)10-16(44)11-47-12-28(37,38)39/h1-7,9,24-25H,8,10-12H2,(H,43,46)/t24-,25+/m0/s1. The largest absolute Gasteiger partial charge is 0.419 e. The van der Waals surface area contributed by atoms with Gasteiger partial charge in [-0.15, -0.1) is 35.0 Å². The molecule has 1 fully saturated rings. The summed E-state index contributed by atoms with van der Waals surface area (Å²) in [6.45, 7) is 0. The van der Waals surface area contributed by atoms with Gasteiger partial charge in [0.15, 0.2) is 5.78 Å². The SMILES string of the molecule is O=C(CSCC(F)(F)F)Cc1c(F)ccc(CC(=O)c2cc(NC(=O)[C@H]3[C@H](c4ccc(F)c(C(F)(F)F)c4)C3(Cl)Cl)ccc2Cl)c1F. The van der Waals surface area contributed by atoms with Crippen molar-refractivity contribution in [2.24, 2.45) is 5.92 Å². The van der Waals surface area contributed by atoms with E-state index in [0.29, 0.717) is 12.1 Å². The molecule has 4 nitrogen and oxygen atoms in total. The molecule has 2 atom stereocenters. The summed E-state index contributed by atoms with van der Waals surface area (Å²) in [7, 11) is 0. The lowest BCUT2D eigenvalue weighted by atomic mass is 9.98. The van der Waals surface area contributed by atoms with Crippen molar-refractivity contribution in [2.45, 2.75) is 35.4 Å². The first-order valence-electron chi connectivity index (χ1n) is 13.2. The first-order valence-corrected chi connectivity index (χ1v) is 15.5. The van der Waals surface area contributed by atoms with Gasteiger partial charge < -0.3 is 5.32 Å². The third-order valence-corrected chi connectivity index (χ3v) is 9.37. The maximum atomic E-state index is 15.2. The highest BCUT2D eigenvalue weighted by molar-refractivity contribution is 8.00. The molecule has 1 amide bonds. The zero-order valence-corrected chi connectivity index (χ0v) is 26.4. The number of amides is 1. The molecule has 0 saturated heterocycles. The van der Waals surface area contributed by atoms with Gasteiger partial charge in [0.25, 0.3) is 0 Å². The van der Waals surface area contributed by atoms with Gasteiger partial charge in [-0.05, 0) is 47.5 Å². The number of hydrogen-bond donors (Lipinski definition) is 1. The number of nitrogens with one attached hydrogen (secondary N) is 1. The van der Waals surface area contributed by atoms with E-state index >= 15 is 4.39 Å². The Kier molecular flexibility index (Phi) is 10.9. The predicted octanol–water partition coefficient (Wildman–Crippen LogP) is 9.13. The van der Waals surface area contributed by atoms with Crippen LogP contribution in [0.2, 0.25) is 5.02 Å². The monoisotopic (exact) mass is 749 g/mol. The average molecular weight is 751 g/mol. The Balaban J connectivity index is 1.47. The summed E-state index contributed by atoms with van der Waals surface area (Å²) in [5.41, 5.74) is -3.04. The number of carbonyl (C=O) groups is 3. The molecule has 252 valence electrons. The second-order valence-electron chi connectivity index (χ2n) is 10.5. The van der Waals surface area contributed by atoms with Crippen molar-refractivity contribution in [1.29, 1.82) is 0 Å². The first-order chi connectivity index (χ1) is 21.7. The second kappa shape index (κ2) is 13.9. The minimum Gasteiger partial charge on any atom is -0.326 e. The first kappa shape index (κ1) is 36.9. The zero-order chi connectivity index (χ0) is 35.1. The highest BCUT2D eigenvalue weighted by Gasteiger charge is 2.67. The number of Topliss-reactive ketones (excluding diaryl/α,β-unsaturated/α-hetero) is 2. The summed E-state index contributed by atoms with van der Waals surface area (Å²) in [5.74, 6) is -10.9. The number of ketones is 2. The van der Waals surface area contributed by atoms with Crippen LogP contribution >= 0.6 is 46.6 Å². The highest BCUT2D eigenvalue weighted by Crippen LogP contribution is 2.65. The second-order valence-corrected chi connectivity index (χ2v) is 13.3. The Labute approximate surface area is 279 Å². The number of carbonyl (C=O) groups excluding carboxylic acids is 3. The van der Waals surface area contributed by atoms with Crippen molar-refractivity contribution in [3.63, 3.8) is 0 Å². The number of alkyl halides is 8. The molecule has 47 heavy (non-hydrogen) atoms. The van der Waals surface area contributed by atoms with E-state index in [0.717, 1.165) is 24.3 Å². The molecule has 0 bridgehead atoms. The molecule has 0 spiro atoms. The molecule has 17 heteroatoms. The molecule has 3 aromatic carbocycles. The van der Waals surface area contributed by atoms with Crippen molar-refractivity contribution < 1.29 is 53.9 Å². The van der Waals surface area contributed by atoms with Crippen LogP contribution in [0.4, 0.5) is 45.2 Å². The Morgan fingerprint density at radius 2 is 1.53 bits per heavy atom.